The molecular formula is C30H43FN4O2. The molecule has 0 spiro atoms. The van der Waals surface area contributed by atoms with Crippen LogP contribution in [-0.2, 0) is 4.79 Å². The van der Waals surface area contributed by atoms with Gasteiger partial charge in [0.2, 0.25) is 0 Å². The van der Waals surface area contributed by atoms with Crippen molar-refractivity contribution < 1.29 is 14.0 Å². The number of nitrogens with zero attached hydrogens (tertiary/aromatic N) is 3. The van der Waals surface area contributed by atoms with E-state index in [2.05, 4.69) is 44.5 Å². The van der Waals surface area contributed by atoms with Gasteiger partial charge in [0.05, 0.1) is 16.8 Å². The van der Waals surface area contributed by atoms with Crippen molar-refractivity contribution in [1.82, 2.24) is 14.8 Å². The summed E-state index contributed by atoms with van der Waals surface area (Å²) in [6, 6.07) is 4.46. The van der Waals surface area contributed by atoms with Crippen molar-refractivity contribution in [3.8, 4) is 0 Å². The maximum Gasteiger partial charge on any atom is 0.259 e. The normalized spacial score (nSPS) is 15.2. The van der Waals surface area contributed by atoms with Gasteiger partial charge in [0, 0.05) is 41.1 Å². The molecule has 0 radical (unpaired) electrons. The Kier molecular flexibility index (Phi) is 8.08. The molecule has 202 valence electrons. The number of nitrogens with one attached hydrogen (secondary N) is 1. The fraction of sp³-hybridized carbons (Fsp3) is 0.533. The third kappa shape index (κ3) is 5.66. The topological polar surface area (TPSA) is 59.7 Å². The Hall–Kier alpha value is -2.93. The molecule has 0 saturated heterocycles. The number of H-pyrrole nitrogens is 1. The standard InChI is InChI=1S/C30H43FN4O2/c1-11-33(12-2)15-16-34(29(5,6)7)28(37)26-19(3)24(32-20(26)4)18-23-22-17-21(31)13-14-25(22)35(27(23)36)30(8,9)10/h13-14,17-18,32H,11-12,15-16H2,1-10H3/b23-18-. The molecule has 2 amide bonds. The number of rotatable bonds is 7. The third-order valence-corrected chi connectivity index (χ3v) is 7.16. The van der Waals surface area contributed by atoms with Crippen LogP contribution in [0.2, 0.25) is 0 Å². The van der Waals surface area contributed by atoms with Crippen molar-refractivity contribution in [3.05, 3.63) is 52.1 Å². The van der Waals surface area contributed by atoms with Crippen LogP contribution in [0.15, 0.2) is 18.2 Å². The lowest BCUT2D eigenvalue weighted by Gasteiger charge is -2.37. The minimum Gasteiger partial charge on any atom is -0.358 e. The van der Waals surface area contributed by atoms with Gasteiger partial charge in [0.1, 0.15) is 5.82 Å². The predicted molar refractivity (Wildman–Crippen MR) is 150 cm³/mol. The molecule has 1 N–H and O–H groups in total. The number of carbonyl (C=O) groups is 2. The molecule has 3 rings (SSSR count). The van der Waals surface area contributed by atoms with Crippen molar-refractivity contribution >= 4 is 29.2 Å². The first-order valence-electron chi connectivity index (χ1n) is 13.2. The number of carbonyl (C=O) groups excluding carboxylic acids is 2. The molecule has 2 heterocycles. The van der Waals surface area contributed by atoms with Crippen molar-refractivity contribution in [1.29, 1.82) is 0 Å². The highest BCUT2D eigenvalue weighted by Crippen LogP contribution is 2.42. The number of amides is 2. The Morgan fingerprint density at radius 1 is 1.05 bits per heavy atom. The van der Waals surface area contributed by atoms with Gasteiger partial charge < -0.3 is 19.7 Å². The Labute approximate surface area is 221 Å². The minimum absolute atomic E-state index is 0.0314. The van der Waals surface area contributed by atoms with Gasteiger partial charge in [-0.1, -0.05) is 13.8 Å². The summed E-state index contributed by atoms with van der Waals surface area (Å²) in [4.78, 5) is 36.7. The first kappa shape index (κ1) is 28.6. The number of aromatic amines is 1. The zero-order valence-corrected chi connectivity index (χ0v) is 24.2. The smallest absolute Gasteiger partial charge is 0.259 e. The quantitative estimate of drug-likeness (QED) is 0.462. The number of aromatic nitrogens is 1. The zero-order valence-electron chi connectivity index (χ0n) is 24.2. The highest BCUT2D eigenvalue weighted by Gasteiger charge is 2.39. The number of hydrogen-bond acceptors (Lipinski definition) is 3. The molecule has 2 aromatic rings. The van der Waals surface area contributed by atoms with Gasteiger partial charge in [0.25, 0.3) is 11.8 Å². The van der Waals surface area contributed by atoms with E-state index < -0.39 is 11.4 Å². The van der Waals surface area contributed by atoms with Crippen LogP contribution < -0.4 is 4.90 Å². The number of hydrogen-bond donors (Lipinski definition) is 1. The van der Waals surface area contributed by atoms with Gasteiger partial charge >= 0.3 is 0 Å². The maximum absolute atomic E-state index is 14.2. The second kappa shape index (κ2) is 10.4. The molecule has 0 atom stereocenters. The minimum atomic E-state index is -0.473. The summed E-state index contributed by atoms with van der Waals surface area (Å²) in [5.41, 5.74) is 3.70. The summed E-state index contributed by atoms with van der Waals surface area (Å²) in [6.07, 6.45) is 1.77. The summed E-state index contributed by atoms with van der Waals surface area (Å²) in [6.45, 7) is 23.4. The van der Waals surface area contributed by atoms with E-state index in [0.717, 1.165) is 30.9 Å². The number of likely N-dealkylation sites (N-methyl/N-ethyl adjacent to an activating group) is 1. The van der Waals surface area contributed by atoms with Gasteiger partial charge in [-0.2, -0.15) is 0 Å². The molecule has 0 bridgehead atoms. The number of aryl methyl sites for hydroxylation is 1. The van der Waals surface area contributed by atoms with E-state index in [1.807, 2.05) is 39.5 Å². The molecule has 0 unspecified atom stereocenters. The molecule has 37 heavy (non-hydrogen) atoms. The first-order chi connectivity index (χ1) is 17.1. The van der Waals surface area contributed by atoms with Crippen molar-refractivity contribution in [2.75, 3.05) is 31.1 Å². The Balaban J connectivity index is 2.05. The average Bonchev–Trinajstić information content (AvgIpc) is 3.22. The fourth-order valence-corrected chi connectivity index (χ4v) is 5.11. The van der Waals surface area contributed by atoms with E-state index in [0.29, 0.717) is 34.6 Å². The van der Waals surface area contributed by atoms with Gasteiger partial charge in [-0.25, -0.2) is 4.39 Å². The molecule has 1 aromatic carbocycles. The van der Waals surface area contributed by atoms with Gasteiger partial charge in [0.15, 0.2) is 0 Å². The Morgan fingerprint density at radius 3 is 2.22 bits per heavy atom. The first-order valence-corrected chi connectivity index (χ1v) is 13.2. The summed E-state index contributed by atoms with van der Waals surface area (Å²) in [5, 5.41) is 0. The van der Waals surface area contributed by atoms with Gasteiger partial charge in [-0.05, 0) is 98.3 Å². The highest BCUT2D eigenvalue weighted by molar-refractivity contribution is 6.36. The van der Waals surface area contributed by atoms with Crippen molar-refractivity contribution in [3.63, 3.8) is 0 Å². The molecule has 0 saturated carbocycles. The van der Waals surface area contributed by atoms with E-state index in [9.17, 15) is 14.0 Å². The summed E-state index contributed by atoms with van der Waals surface area (Å²) >= 11 is 0. The molecular weight excluding hydrogens is 467 g/mol. The monoisotopic (exact) mass is 510 g/mol. The van der Waals surface area contributed by atoms with E-state index >= 15 is 0 Å². The van der Waals surface area contributed by atoms with Crippen LogP contribution in [0.3, 0.4) is 0 Å². The summed E-state index contributed by atoms with van der Waals surface area (Å²) < 4.78 is 14.2. The molecule has 1 aromatic heterocycles. The zero-order chi connectivity index (χ0) is 27.9. The van der Waals surface area contributed by atoms with Crippen LogP contribution in [0.4, 0.5) is 10.1 Å². The van der Waals surface area contributed by atoms with Crippen LogP contribution in [0.1, 0.15) is 88.3 Å². The van der Waals surface area contributed by atoms with Crippen LogP contribution in [-0.4, -0.2) is 63.9 Å². The number of halogens is 1. The maximum atomic E-state index is 14.2. The molecule has 0 aliphatic carbocycles. The van der Waals surface area contributed by atoms with Crippen molar-refractivity contribution in [2.45, 2.75) is 80.3 Å². The summed E-state index contributed by atoms with van der Waals surface area (Å²) in [7, 11) is 0. The number of anilines is 1. The molecule has 7 heteroatoms. The summed E-state index contributed by atoms with van der Waals surface area (Å²) in [5.74, 6) is -0.600. The largest absolute Gasteiger partial charge is 0.358 e. The van der Waals surface area contributed by atoms with E-state index in [4.69, 9.17) is 0 Å². The number of fused-ring (bicyclic) bond motifs is 1. The molecule has 6 nitrogen and oxygen atoms in total. The van der Waals surface area contributed by atoms with E-state index in [1.165, 1.54) is 12.1 Å². The molecule has 0 fully saturated rings. The lowest BCUT2D eigenvalue weighted by molar-refractivity contribution is -0.113. The average molecular weight is 511 g/mol. The number of benzene rings is 1. The van der Waals surface area contributed by atoms with E-state index in [-0.39, 0.29) is 17.4 Å². The Morgan fingerprint density at radius 2 is 1.68 bits per heavy atom. The van der Waals surface area contributed by atoms with Crippen molar-refractivity contribution in [2.24, 2.45) is 0 Å². The highest BCUT2D eigenvalue weighted by atomic mass is 19.1. The van der Waals surface area contributed by atoms with Crippen LogP contribution in [0.25, 0.3) is 11.6 Å². The fourth-order valence-electron chi connectivity index (χ4n) is 5.11. The third-order valence-electron chi connectivity index (χ3n) is 7.16. The SMILES string of the molecule is CCN(CC)CCN(C(=O)c1c(C)[nH]c(/C=C2\C(=O)N(C(C)(C)C)c3ccc(F)cc32)c1C)C(C)(C)C. The lowest BCUT2D eigenvalue weighted by Crippen LogP contribution is -2.49. The lowest BCUT2D eigenvalue weighted by atomic mass is 10.0. The second-order valence-electron chi connectivity index (χ2n) is 11.8. The molecule has 1 aliphatic heterocycles. The van der Waals surface area contributed by atoms with Gasteiger partial charge in [-0.15, -0.1) is 0 Å². The molecule has 1 aliphatic rings. The van der Waals surface area contributed by atoms with E-state index in [1.54, 1.807) is 17.0 Å². The second-order valence-corrected chi connectivity index (χ2v) is 11.8. The predicted octanol–water partition coefficient (Wildman–Crippen LogP) is 6.04. The van der Waals surface area contributed by atoms with Crippen LogP contribution >= 0.6 is 0 Å². The van der Waals surface area contributed by atoms with Crippen LogP contribution in [0, 0.1) is 19.7 Å². The Bertz CT molecular complexity index is 1210. The van der Waals surface area contributed by atoms with Crippen LogP contribution in [0.5, 0.6) is 0 Å². The van der Waals surface area contributed by atoms with Gasteiger partial charge in [-0.3, -0.25) is 9.59 Å².